The van der Waals surface area contributed by atoms with Crippen LogP contribution in [0.1, 0.15) is 29.6 Å². The number of carbonyl (C=O) groups is 1. The number of aromatic nitrogens is 3. The van der Waals surface area contributed by atoms with Crippen molar-refractivity contribution in [3.8, 4) is 5.88 Å². The largest absolute Gasteiger partial charge is 0.476 e. The Hall–Kier alpha value is -2.85. The molecule has 0 aromatic carbocycles. The Balaban J connectivity index is 1.82. The van der Waals surface area contributed by atoms with Crippen LogP contribution in [0.4, 0.5) is 19.0 Å². The van der Waals surface area contributed by atoms with E-state index >= 15 is 0 Å². The molecule has 2 aromatic heterocycles. The topological polar surface area (TPSA) is 84.6 Å². The minimum Gasteiger partial charge on any atom is -0.476 e. The van der Waals surface area contributed by atoms with Crippen molar-refractivity contribution in [2.45, 2.75) is 19.5 Å². The lowest BCUT2D eigenvalue weighted by Gasteiger charge is -2.20. The van der Waals surface area contributed by atoms with E-state index in [0.717, 1.165) is 6.07 Å². The summed E-state index contributed by atoms with van der Waals surface area (Å²) >= 11 is 0. The Labute approximate surface area is 153 Å². The van der Waals surface area contributed by atoms with Crippen molar-refractivity contribution in [3.05, 3.63) is 29.7 Å². The number of hydrogen-bond donors (Lipinski definition) is 0. The van der Waals surface area contributed by atoms with Crippen molar-refractivity contribution >= 4 is 11.7 Å². The molecule has 0 unspecified atom stereocenters. The van der Waals surface area contributed by atoms with E-state index in [2.05, 4.69) is 15.4 Å². The number of alkyl halides is 3. The van der Waals surface area contributed by atoms with E-state index in [-0.39, 0.29) is 17.5 Å². The van der Waals surface area contributed by atoms with Gasteiger partial charge in [-0.3, -0.25) is 4.79 Å². The number of anilines is 1. The van der Waals surface area contributed by atoms with Crippen LogP contribution in [0.5, 0.6) is 5.88 Å². The monoisotopic (exact) mass is 387 g/mol. The van der Waals surface area contributed by atoms with Crippen LogP contribution < -0.4 is 9.64 Å². The highest BCUT2D eigenvalue weighted by atomic mass is 19.4. The van der Waals surface area contributed by atoms with Gasteiger partial charge in [-0.25, -0.2) is 0 Å². The van der Waals surface area contributed by atoms with E-state index in [4.69, 9.17) is 9.26 Å². The van der Waals surface area contributed by atoms with Gasteiger partial charge in [-0.1, -0.05) is 0 Å². The highest BCUT2D eigenvalue weighted by Crippen LogP contribution is 2.27. The third-order valence-corrected chi connectivity index (χ3v) is 3.66. The number of amides is 1. The third-order valence-electron chi connectivity index (χ3n) is 3.66. The molecule has 0 atom stereocenters. The Morgan fingerprint density at radius 3 is 2.56 bits per heavy atom. The standard InChI is InChI=1S/C16H20F3N5O3/c1-4-26-14-10-11(27-22-14)15(25)24(3)9-5-8-23(2)13-7-6-12(20-21-13)16(17,18)19/h6-7,10H,4-5,8-9H2,1-3H3. The van der Waals surface area contributed by atoms with Crippen LogP contribution in [-0.2, 0) is 6.18 Å². The molecule has 27 heavy (non-hydrogen) atoms. The van der Waals surface area contributed by atoms with Crippen LogP contribution in [0.3, 0.4) is 0 Å². The number of halogens is 3. The summed E-state index contributed by atoms with van der Waals surface area (Å²) in [6, 6.07) is 3.56. The van der Waals surface area contributed by atoms with Gasteiger partial charge in [0, 0.05) is 27.2 Å². The molecule has 148 valence electrons. The van der Waals surface area contributed by atoms with Crippen LogP contribution in [0.15, 0.2) is 22.7 Å². The van der Waals surface area contributed by atoms with Gasteiger partial charge in [0.15, 0.2) is 11.5 Å². The first-order valence-electron chi connectivity index (χ1n) is 8.19. The van der Waals surface area contributed by atoms with Gasteiger partial charge in [0.25, 0.3) is 11.8 Å². The quantitative estimate of drug-likeness (QED) is 0.688. The van der Waals surface area contributed by atoms with Gasteiger partial charge in [0.05, 0.1) is 12.7 Å². The summed E-state index contributed by atoms with van der Waals surface area (Å²) in [4.78, 5) is 15.4. The first kappa shape index (κ1) is 20.5. The van der Waals surface area contributed by atoms with Gasteiger partial charge < -0.3 is 19.1 Å². The normalized spacial score (nSPS) is 11.3. The van der Waals surface area contributed by atoms with Gasteiger partial charge in [-0.2, -0.15) is 13.2 Å². The van der Waals surface area contributed by atoms with Crippen molar-refractivity contribution in [2.24, 2.45) is 0 Å². The number of hydrogen-bond acceptors (Lipinski definition) is 7. The van der Waals surface area contributed by atoms with Gasteiger partial charge in [0.2, 0.25) is 5.76 Å². The van der Waals surface area contributed by atoms with Gasteiger partial charge in [0.1, 0.15) is 0 Å². The highest BCUT2D eigenvalue weighted by Gasteiger charge is 2.33. The van der Waals surface area contributed by atoms with Crippen molar-refractivity contribution in [1.82, 2.24) is 20.3 Å². The van der Waals surface area contributed by atoms with Crippen molar-refractivity contribution < 1.29 is 27.2 Å². The van der Waals surface area contributed by atoms with E-state index < -0.39 is 11.9 Å². The van der Waals surface area contributed by atoms with E-state index in [9.17, 15) is 18.0 Å². The van der Waals surface area contributed by atoms with Crippen molar-refractivity contribution in [1.29, 1.82) is 0 Å². The zero-order chi connectivity index (χ0) is 20.0. The second-order valence-electron chi connectivity index (χ2n) is 5.74. The average Bonchev–Trinajstić information content (AvgIpc) is 3.09. The van der Waals surface area contributed by atoms with Crippen LogP contribution >= 0.6 is 0 Å². The maximum Gasteiger partial charge on any atom is 0.435 e. The van der Waals surface area contributed by atoms with Crippen LogP contribution in [0.2, 0.25) is 0 Å². The third kappa shape index (κ3) is 5.56. The molecular weight excluding hydrogens is 367 g/mol. The molecule has 0 saturated heterocycles. The Kier molecular flexibility index (Phi) is 6.59. The molecule has 0 N–H and O–H groups in total. The Bertz CT molecular complexity index is 749. The number of nitrogens with zero attached hydrogens (tertiary/aromatic N) is 5. The first-order valence-corrected chi connectivity index (χ1v) is 8.19. The summed E-state index contributed by atoms with van der Waals surface area (Å²) in [6.45, 7) is 3.08. The molecule has 2 rings (SSSR count). The van der Waals surface area contributed by atoms with Gasteiger partial charge in [-0.15, -0.1) is 10.2 Å². The molecule has 0 fully saturated rings. The molecule has 0 aliphatic carbocycles. The minimum absolute atomic E-state index is 0.0721. The van der Waals surface area contributed by atoms with Crippen molar-refractivity contribution in [2.75, 3.05) is 38.7 Å². The summed E-state index contributed by atoms with van der Waals surface area (Å²) in [6.07, 6.45) is -3.95. The average molecular weight is 387 g/mol. The zero-order valence-electron chi connectivity index (χ0n) is 15.2. The number of carbonyl (C=O) groups excluding carboxylic acids is 1. The number of rotatable bonds is 8. The maximum atomic E-state index is 12.5. The summed E-state index contributed by atoms with van der Waals surface area (Å²) in [5.74, 6) is 0.289. The molecule has 1 amide bonds. The second-order valence-corrected chi connectivity index (χ2v) is 5.74. The van der Waals surface area contributed by atoms with Crippen LogP contribution in [0, 0.1) is 0 Å². The maximum absolute atomic E-state index is 12.5. The zero-order valence-corrected chi connectivity index (χ0v) is 15.2. The molecule has 0 aliphatic rings. The molecule has 2 aromatic rings. The summed E-state index contributed by atoms with van der Waals surface area (Å²) < 4.78 is 47.6. The Morgan fingerprint density at radius 1 is 1.22 bits per heavy atom. The van der Waals surface area contributed by atoms with E-state index in [1.165, 1.54) is 17.0 Å². The minimum atomic E-state index is -4.52. The molecule has 0 aliphatic heterocycles. The fourth-order valence-corrected chi connectivity index (χ4v) is 2.20. The Morgan fingerprint density at radius 2 is 1.96 bits per heavy atom. The van der Waals surface area contributed by atoms with Crippen LogP contribution in [0.25, 0.3) is 0 Å². The molecule has 0 saturated carbocycles. The molecule has 8 nitrogen and oxygen atoms in total. The van der Waals surface area contributed by atoms with Crippen molar-refractivity contribution in [3.63, 3.8) is 0 Å². The fraction of sp³-hybridized carbons (Fsp3) is 0.500. The summed E-state index contributed by atoms with van der Waals surface area (Å²) in [7, 11) is 3.30. The molecule has 0 radical (unpaired) electrons. The molecule has 2 heterocycles. The lowest BCUT2D eigenvalue weighted by atomic mass is 10.3. The SMILES string of the molecule is CCOc1cc(C(=O)N(C)CCCN(C)c2ccc(C(F)(F)F)nn2)on1. The summed E-state index contributed by atoms with van der Waals surface area (Å²) in [5.41, 5.74) is -1.04. The molecular formula is C16H20F3N5O3. The van der Waals surface area contributed by atoms with Gasteiger partial charge >= 0.3 is 6.18 Å². The first-order chi connectivity index (χ1) is 12.7. The smallest absolute Gasteiger partial charge is 0.435 e. The second kappa shape index (κ2) is 8.69. The summed E-state index contributed by atoms with van der Waals surface area (Å²) in [5, 5.41) is 10.4. The van der Waals surface area contributed by atoms with E-state index in [0.29, 0.717) is 31.9 Å². The lowest BCUT2D eigenvalue weighted by Crippen LogP contribution is -2.30. The van der Waals surface area contributed by atoms with Gasteiger partial charge in [-0.05, 0) is 30.6 Å². The molecule has 0 bridgehead atoms. The predicted octanol–water partition coefficient (Wildman–Crippen LogP) is 2.48. The van der Waals surface area contributed by atoms with E-state index in [1.54, 1.807) is 25.9 Å². The predicted molar refractivity (Wildman–Crippen MR) is 89.6 cm³/mol. The fourth-order valence-electron chi connectivity index (χ4n) is 2.20. The van der Waals surface area contributed by atoms with Crippen LogP contribution in [-0.4, -0.2) is 60.0 Å². The number of ether oxygens (including phenoxy) is 1. The molecule has 0 spiro atoms. The molecule has 11 heteroatoms. The highest BCUT2D eigenvalue weighted by molar-refractivity contribution is 5.91. The van der Waals surface area contributed by atoms with E-state index in [1.807, 2.05) is 0 Å². The lowest BCUT2D eigenvalue weighted by molar-refractivity contribution is -0.141.